The van der Waals surface area contributed by atoms with E-state index in [0.717, 1.165) is 0 Å². The van der Waals surface area contributed by atoms with Crippen molar-refractivity contribution in [2.75, 3.05) is 0 Å². The molecule has 18 heavy (non-hydrogen) atoms. The van der Waals surface area contributed by atoms with Gasteiger partial charge in [0.15, 0.2) is 0 Å². The molecule has 0 aromatic rings. The van der Waals surface area contributed by atoms with Gasteiger partial charge >= 0.3 is 12.1 Å². The fourth-order valence-electron chi connectivity index (χ4n) is 2.17. The molecule has 0 radical (unpaired) electrons. The first-order valence-corrected chi connectivity index (χ1v) is 5.83. The molecule has 1 saturated carbocycles. The van der Waals surface area contributed by atoms with Crippen LogP contribution in [0.2, 0.25) is 0 Å². The van der Waals surface area contributed by atoms with Crippen LogP contribution in [-0.2, 0) is 9.53 Å². The maximum Gasteiger partial charge on any atom is 0.407 e. The summed E-state index contributed by atoms with van der Waals surface area (Å²) in [5.74, 6) is -0.324. The van der Waals surface area contributed by atoms with Crippen LogP contribution in [0.3, 0.4) is 0 Å². The highest BCUT2D eigenvalue weighted by Gasteiger charge is 2.55. The van der Waals surface area contributed by atoms with Crippen LogP contribution in [0.15, 0.2) is 0 Å². The number of urea groups is 1. The lowest BCUT2D eigenvalue weighted by Crippen LogP contribution is -2.63. The Hall–Kier alpha value is -1.79. The zero-order valence-electron chi connectivity index (χ0n) is 10.6. The first kappa shape index (κ1) is 12.7. The number of rotatable bonds is 1. The average molecular weight is 255 g/mol. The van der Waals surface area contributed by atoms with Gasteiger partial charge in [-0.15, -0.1) is 0 Å². The van der Waals surface area contributed by atoms with Gasteiger partial charge in [-0.2, -0.15) is 0 Å². The number of amides is 4. The van der Waals surface area contributed by atoms with E-state index in [2.05, 4.69) is 16.0 Å². The number of carbonyl (C=O) groups is 3. The Morgan fingerprint density at radius 3 is 2.44 bits per heavy atom. The van der Waals surface area contributed by atoms with Gasteiger partial charge in [-0.05, 0) is 20.8 Å². The van der Waals surface area contributed by atoms with Gasteiger partial charge in [-0.25, -0.2) is 9.59 Å². The number of nitrogens with one attached hydrogen (secondary N) is 3. The van der Waals surface area contributed by atoms with Gasteiger partial charge in [-0.1, -0.05) is 0 Å². The third-order valence-electron chi connectivity index (χ3n) is 2.93. The Bertz CT molecular complexity index is 407. The first-order valence-electron chi connectivity index (χ1n) is 5.83. The normalized spacial score (nSPS) is 30.5. The van der Waals surface area contributed by atoms with E-state index in [1.54, 1.807) is 20.8 Å². The van der Waals surface area contributed by atoms with Crippen LogP contribution in [0.25, 0.3) is 0 Å². The highest BCUT2D eigenvalue weighted by Crippen LogP contribution is 2.34. The zero-order valence-corrected chi connectivity index (χ0v) is 10.6. The fraction of sp³-hybridized carbons (Fsp3) is 0.727. The average Bonchev–Trinajstić information content (AvgIpc) is 2.37. The van der Waals surface area contributed by atoms with E-state index in [1.807, 2.05) is 0 Å². The van der Waals surface area contributed by atoms with E-state index in [1.165, 1.54) is 0 Å². The number of imide groups is 1. The smallest absolute Gasteiger partial charge is 0.407 e. The Labute approximate surface area is 105 Å². The minimum atomic E-state index is -0.837. The van der Waals surface area contributed by atoms with Crippen molar-refractivity contribution in [1.29, 1.82) is 0 Å². The maximum absolute atomic E-state index is 11.5. The second-order valence-corrected chi connectivity index (χ2v) is 5.74. The van der Waals surface area contributed by atoms with Gasteiger partial charge in [-0.3, -0.25) is 10.1 Å². The Balaban J connectivity index is 1.82. The summed E-state index contributed by atoms with van der Waals surface area (Å²) in [5.41, 5.74) is -1.39. The fourth-order valence-corrected chi connectivity index (χ4v) is 2.17. The number of hydrogen-bond acceptors (Lipinski definition) is 4. The van der Waals surface area contributed by atoms with Crippen molar-refractivity contribution >= 4 is 18.0 Å². The highest BCUT2D eigenvalue weighted by molar-refractivity contribution is 6.07. The second kappa shape index (κ2) is 3.86. The SMILES string of the molecule is CC(C)(C)OC(=O)NC1CC2(C1)NC(=O)NC2=O. The quantitative estimate of drug-likeness (QED) is 0.585. The lowest BCUT2D eigenvalue weighted by molar-refractivity contribution is -0.127. The third-order valence-corrected chi connectivity index (χ3v) is 2.93. The summed E-state index contributed by atoms with van der Waals surface area (Å²) in [5, 5.41) is 7.43. The molecule has 0 aromatic carbocycles. The van der Waals surface area contributed by atoms with Crippen molar-refractivity contribution in [3.8, 4) is 0 Å². The molecule has 1 aliphatic carbocycles. The van der Waals surface area contributed by atoms with Crippen LogP contribution in [-0.4, -0.2) is 35.2 Å². The van der Waals surface area contributed by atoms with Gasteiger partial charge in [0.05, 0.1) is 0 Å². The molecule has 1 spiro atoms. The molecule has 0 unspecified atom stereocenters. The number of alkyl carbamates (subject to hydrolysis) is 1. The monoisotopic (exact) mass is 255 g/mol. The van der Waals surface area contributed by atoms with Gasteiger partial charge in [0.2, 0.25) is 0 Å². The summed E-state index contributed by atoms with van der Waals surface area (Å²) in [7, 11) is 0. The molecule has 1 heterocycles. The van der Waals surface area contributed by atoms with Gasteiger partial charge < -0.3 is 15.4 Å². The van der Waals surface area contributed by atoms with Crippen LogP contribution in [0.1, 0.15) is 33.6 Å². The molecule has 2 aliphatic rings. The van der Waals surface area contributed by atoms with E-state index >= 15 is 0 Å². The molecule has 0 bridgehead atoms. The lowest BCUT2D eigenvalue weighted by Gasteiger charge is -2.42. The molecule has 4 amide bonds. The van der Waals surface area contributed by atoms with Gasteiger partial charge in [0, 0.05) is 18.9 Å². The molecule has 7 nitrogen and oxygen atoms in total. The van der Waals surface area contributed by atoms with Crippen LogP contribution < -0.4 is 16.0 Å². The standard InChI is InChI=1S/C11H17N3O4/c1-10(2,3)18-9(17)12-6-4-11(5-6)7(15)13-8(16)14-11/h6H,4-5H2,1-3H3,(H,12,17)(H2,13,14,15,16). The number of hydrogen-bond donors (Lipinski definition) is 3. The van der Waals surface area contributed by atoms with Crippen LogP contribution in [0.5, 0.6) is 0 Å². The van der Waals surface area contributed by atoms with E-state index in [0.29, 0.717) is 12.8 Å². The summed E-state index contributed by atoms with van der Waals surface area (Å²) in [4.78, 5) is 34.0. The molecule has 2 rings (SSSR count). The predicted octanol–water partition coefficient (Wildman–Crippen LogP) is 0.252. The minimum absolute atomic E-state index is 0.149. The van der Waals surface area contributed by atoms with Crippen molar-refractivity contribution in [2.24, 2.45) is 0 Å². The molecule has 2 fully saturated rings. The van der Waals surface area contributed by atoms with Crippen molar-refractivity contribution in [3.05, 3.63) is 0 Å². The molecule has 1 aliphatic heterocycles. The summed E-state index contributed by atoms with van der Waals surface area (Å²) in [6, 6.07) is -0.625. The van der Waals surface area contributed by atoms with E-state index in [-0.39, 0.29) is 11.9 Å². The minimum Gasteiger partial charge on any atom is -0.444 e. The summed E-state index contributed by atoms with van der Waals surface area (Å²) in [6.07, 6.45) is 0.278. The Morgan fingerprint density at radius 2 is 2.00 bits per heavy atom. The summed E-state index contributed by atoms with van der Waals surface area (Å²) in [6.45, 7) is 5.33. The maximum atomic E-state index is 11.5. The van der Waals surface area contributed by atoms with E-state index in [9.17, 15) is 14.4 Å². The van der Waals surface area contributed by atoms with E-state index < -0.39 is 23.3 Å². The van der Waals surface area contributed by atoms with Crippen molar-refractivity contribution in [1.82, 2.24) is 16.0 Å². The Kier molecular flexibility index (Phi) is 2.71. The van der Waals surface area contributed by atoms with Crippen LogP contribution in [0, 0.1) is 0 Å². The Morgan fingerprint density at radius 1 is 1.39 bits per heavy atom. The largest absolute Gasteiger partial charge is 0.444 e. The molecular weight excluding hydrogens is 238 g/mol. The number of ether oxygens (including phenoxy) is 1. The number of carbonyl (C=O) groups excluding carboxylic acids is 3. The van der Waals surface area contributed by atoms with Crippen LogP contribution >= 0.6 is 0 Å². The molecule has 0 aromatic heterocycles. The summed E-state index contributed by atoms with van der Waals surface area (Å²) < 4.78 is 5.11. The second-order valence-electron chi connectivity index (χ2n) is 5.74. The van der Waals surface area contributed by atoms with E-state index in [4.69, 9.17) is 4.74 Å². The zero-order chi connectivity index (χ0) is 13.6. The molecule has 7 heteroatoms. The molecule has 1 saturated heterocycles. The van der Waals surface area contributed by atoms with Gasteiger partial charge in [0.1, 0.15) is 11.1 Å². The van der Waals surface area contributed by atoms with Crippen LogP contribution in [0.4, 0.5) is 9.59 Å². The molecule has 100 valence electrons. The first-order chi connectivity index (χ1) is 8.20. The third kappa shape index (κ3) is 2.39. The predicted molar refractivity (Wildman–Crippen MR) is 61.8 cm³/mol. The van der Waals surface area contributed by atoms with Crippen molar-refractivity contribution in [3.63, 3.8) is 0 Å². The van der Waals surface area contributed by atoms with Crippen molar-refractivity contribution in [2.45, 2.75) is 50.8 Å². The molecular formula is C11H17N3O4. The van der Waals surface area contributed by atoms with Gasteiger partial charge in [0.25, 0.3) is 5.91 Å². The summed E-state index contributed by atoms with van der Waals surface area (Å²) >= 11 is 0. The highest BCUT2D eigenvalue weighted by atomic mass is 16.6. The molecule has 0 atom stereocenters. The molecule has 3 N–H and O–H groups in total. The van der Waals surface area contributed by atoms with Crippen molar-refractivity contribution < 1.29 is 19.1 Å². The topological polar surface area (TPSA) is 96.5 Å². The lowest BCUT2D eigenvalue weighted by atomic mass is 9.73.